The second-order valence-electron chi connectivity index (χ2n) is 4.41. The van der Waals surface area contributed by atoms with Crippen molar-refractivity contribution in [3.05, 3.63) is 42.1 Å². The quantitative estimate of drug-likeness (QED) is 0.723. The second kappa shape index (κ2) is 5.43. The summed E-state index contributed by atoms with van der Waals surface area (Å²) in [6, 6.07) is 8.48. The molecule has 88 valence electrons. The molecular weight excluding hydrogens is 214 g/mol. The number of rotatable bonds is 5. The van der Waals surface area contributed by atoms with Crippen molar-refractivity contribution in [2.75, 3.05) is 21.2 Å². The lowest BCUT2D eigenvalue weighted by atomic mass is 10.2. The summed E-state index contributed by atoms with van der Waals surface area (Å²) in [6.07, 6.45) is 0. The van der Waals surface area contributed by atoms with Gasteiger partial charge in [-0.2, -0.15) is 0 Å². The molecule has 0 saturated heterocycles. The highest BCUT2D eigenvalue weighted by Crippen LogP contribution is 2.10. The smallest absolute Gasteiger partial charge is 0.244 e. The molecular formula is C13H21NOSi. The van der Waals surface area contributed by atoms with Gasteiger partial charge in [0.15, 0.2) is 0 Å². The van der Waals surface area contributed by atoms with Gasteiger partial charge in [-0.3, -0.25) is 0 Å². The molecule has 0 N–H and O–H groups in total. The molecule has 0 heterocycles. The Bertz CT molecular complexity index is 365. The van der Waals surface area contributed by atoms with Gasteiger partial charge in [-0.1, -0.05) is 30.0 Å². The molecule has 0 bridgehead atoms. The van der Waals surface area contributed by atoms with Gasteiger partial charge in [0.2, 0.25) is 8.32 Å². The van der Waals surface area contributed by atoms with Crippen LogP contribution < -0.4 is 5.19 Å². The average Bonchev–Trinajstić information content (AvgIpc) is 2.28. The van der Waals surface area contributed by atoms with Crippen molar-refractivity contribution in [3.63, 3.8) is 0 Å². The number of benzene rings is 1. The van der Waals surface area contributed by atoms with Crippen LogP contribution in [0.15, 0.2) is 36.5 Å². The molecule has 0 amide bonds. The topological polar surface area (TPSA) is 12.5 Å². The van der Waals surface area contributed by atoms with E-state index in [1.54, 1.807) is 7.11 Å². The van der Waals surface area contributed by atoms with Gasteiger partial charge in [-0.25, -0.2) is 0 Å². The van der Waals surface area contributed by atoms with E-state index in [0.717, 1.165) is 6.54 Å². The van der Waals surface area contributed by atoms with E-state index in [4.69, 9.17) is 4.43 Å². The van der Waals surface area contributed by atoms with E-state index in [9.17, 15) is 0 Å². The SMILES string of the molecule is C=C[Si](C)(OC)c1ccccc1CN(C)C. The van der Waals surface area contributed by atoms with E-state index < -0.39 is 8.32 Å². The Morgan fingerprint density at radius 2 is 2.00 bits per heavy atom. The minimum Gasteiger partial charge on any atom is -0.412 e. The predicted molar refractivity (Wildman–Crippen MR) is 72.3 cm³/mol. The van der Waals surface area contributed by atoms with Crippen LogP contribution in [-0.2, 0) is 11.0 Å². The van der Waals surface area contributed by atoms with Crippen LogP contribution >= 0.6 is 0 Å². The predicted octanol–water partition coefficient (Wildman–Crippen LogP) is 1.90. The lowest BCUT2D eigenvalue weighted by Gasteiger charge is -2.25. The monoisotopic (exact) mass is 235 g/mol. The Morgan fingerprint density at radius 3 is 2.50 bits per heavy atom. The van der Waals surface area contributed by atoms with E-state index >= 15 is 0 Å². The van der Waals surface area contributed by atoms with Gasteiger partial charge in [0, 0.05) is 13.7 Å². The van der Waals surface area contributed by atoms with Crippen molar-refractivity contribution in [3.8, 4) is 0 Å². The summed E-state index contributed by atoms with van der Waals surface area (Å²) >= 11 is 0. The van der Waals surface area contributed by atoms with Crippen molar-refractivity contribution >= 4 is 13.5 Å². The highest BCUT2D eigenvalue weighted by Gasteiger charge is 2.28. The summed E-state index contributed by atoms with van der Waals surface area (Å²) in [4.78, 5) is 2.17. The highest BCUT2D eigenvalue weighted by atomic mass is 28.4. The summed E-state index contributed by atoms with van der Waals surface area (Å²) in [6.45, 7) is 7.04. The normalized spacial score (nSPS) is 14.8. The molecule has 1 atom stereocenters. The molecule has 1 rings (SSSR count). The molecule has 0 aliphatic carbocycles. The van der Waals surface area contributed by atoms with Gasteiger partial charge in [-0.05, 0) is 31.4 Å². The Morgan fingerprint density at radius 1 is 1.38 bits per heavy atom. The van der Waals surface area contributed by atoms with Crippen LogP contribution in [-0.4, -0.2) is 34.4 Å². The Kier molecular flexibility index (Phi) is 4.47. The average molecular weight is 235 g/mol. The van der Waals surface area contributed by atoms with Crippen molar-refractivity contribution in [2.45, 2.75) is 13.1 Å². The van der Waals surface area contributed by atoms with Gasteiger partial charge < -0.3 is 9.33 Å². The zero-order valence-corrected chi connectivity index (χ0v) is 11.7. The number of nitrogens with zero attached hydrogens (tertiary/aromatic N) is 1. The standard InChI is InChI=1S/C13H21NOSi/c1-6-16(5,15-4)13-10-8-7-9-12(13)11-14(2)3/h6-10H,1,11H2,2-5H3. The van der Waals surface area contributed by atoms with Gasteiger partial charge >= 0.3 is 0 Å². The molecule has 1 aromatic rings. The maximum atomic E-state index is 5.70. The first kappa shape index (κ1) is 13.2. The first-order chi connectivity index (χ1) is 7.53. The molecule has 16 heavy (non-hydrogen) atoms. The third-order valence-electron chi connectivity index (χ3n) is 2.85. The Labute approximate surface area is 99.7 Å². The molecule has 0 aromatic heterocycles. The van der Waals surface area contributed by atoms with Crippen molar-refractivity contribution in [1.29, 1.82) is 0 Å². The van der Waals surface area contributed by atoms with E-state index in [0.29, 0.717) is 0 Å². The van der Waals surface area contributed by atoms with Crippen LogP contribution in [0.2, 0.25) is 6.55 Å². The molecule has 0 aliphatic heterocycles. The van der Waals surface area contributed by atoms with Crippen LogP contribution in [0.3, 0.4) is 0 Å². The lowest BCUT2D eigenvalue weighted by molar-refractivity contribution is 0.400. The van der Waals surface area contributed by atoms with Crippen molar-refractivity contribution in [2.24, 2.45) is 0 Å². The van der Waals surface area contributed by atoms with Crippen LogP contribution in [0.5, 0.6) is 0 Å². The summed E-state index contributed by atoms with van der Waals surface area (Å²) in [5, 5.41) is 1.32. The summed E-state index contributed by atoms with van der Waals surface area (Å²) in [5.41, 5.74) is 3.32. The largest absolute Gasteiger partial charge is 0.412 e. The lowest BCUT2D eigenvalue weighted by Crippen LogP contribution is -2.47. The summed E-state index contributed by atoms with van der Waals surface area (Å²) < 4.78 is 5.70. The van der Waals surface area contributed by atoms with Crippen LogP contribution in [0.4, 0.5) is 0 Å². The maximum Gasteiger partial charge on any atom is 0.244 e. The Hall–Kier alpha value is -0.903. The zero-order chi connectivity index (χ0) is 12.2. The molecule has 0 saturated carbocycles. The Balaban J connectivity index is 3.16. The van der Waals surface area contributed by atoms with Crippen LogP contribution in [0.1, 0.15) is 5.56 Å². The minimum absolute atomic E-state index is 0.940. The first-order valence-corrected chi connectivity index (χ1v) is 7.94. The molecule has 0 aliphatic rings. The first-order valence-electron chi connectivity index (χ1n) is 5.45. The molecule has 0 spiro atoms. The fourth-order valence-electron chi connectivity index (χ4n) is 1.79. The maximum absolute atomic E-state index is 5.70. The molecule has 1 aromatic carbocycles. The summed E-state index contributed by atoms with van der Waals surface area (Å²) in [5.74, 6) is 0. The van der Waals surface area contributed by atoms with Gasteiger partial charge in [-0.15, -0.1) is 6.58 Å². The minimum atomic E-state index is -1.95. The van der Waals surface area contributed by atoms with E-state index in [2.05, 4.69) is 56.4 Å². The van der Waals surface area contributed by atoms with Crippen molar-refractivity contribution < 1.29 is 4.43 Å². The van der Waals surface area contributed by atoms with Gasteiger partial charge in [0.25, 0.3) is 0 Å². The van der Waals surface area contributed by atoms with Crippen LogP contribution in [0, 0.1) is 0 Å². The molecule has 3 heteroatoms. The molecule has 0 fully saturated rings. The second-order valence-corrected chi connectivity index (χ2v) is 7.98. The van der Waals surface area contributed by atoms with E-state index in [1.165, 1.54) is 10.8 Å². The number of hydrogen-bond donors (Lipinski definition) is 0. The fourth-order valence-corrected chi connectivity index (χ4v) is 3.62. The summed E-state index contributed by atoms with van der Waals surface area (Å²) in [7, 11) is 3.99. The molecule has 2 nitrogen and oxygen atoms in total. The molecule has 0 radical (unpaired) electrons. The van der Waals surface area contributed by atoms with Crippen molar-refractivity contribution in [1.82, 2.24) is 4.90 Å². The fraction of sp³-hybridized carbons (Fsp3) is 0.385. The zero-order valence-electron chi connectivity index (χ0n) is 10.7. The van der Waals surface area contributed by atoms with Gasteiger partial charge in [0.1, 0.15) is 0 Å². The highest BCUT2D eigenvalue weighted by molar-refractivity contribution is 6.90. The third kappa shape index (κ3) is 2.81. The molecule has 1 unspecified atom stereocenters. The van der Waals surface area contributed by atoms with E-state index in [1.807, 2.05) is 5.70 Å². The third-order valence-corrected chi connectivity index (χ3v) is 6.04. The van der Waals surface area contributed by atoms with E-state index in [-0.39, 0.29) is 0 Å². The number of hydrogen-bond acceptors (Lipinski definition) is 2. The van der Waals surface area contributed by atoms with Gasteiger partial charge in [0.05, 0.1) is 0 Å². The van der Waals surface area contributed by atoms with Crippen LogP contribution in [0.25, 0.3) is 0 Å².